The number of hydrogen-bond acceptors (Lipinski definition) is 2. The molecule has 0 heterocycles. The maximum Gasteiger partial charge on any atom is 0.190 e. The molecule has 0 aromatic rings. The van der Waals surface area contributed by atoms with Crippen molar-refractivity contribution in [2.24, 2.45) is 4.99 Å². The summed E-state index contributed by atoms with van der Waals surface area (Å²) in [5.41, 5.74) is 0. The van der Waals surface area contributed by atoms with Crippen molar-refractivity contribution in [1.29, 1.82) is 0 Å². The van der Waals surface area contributed by atoms with Gasteiger partial charge < -0.3 is 10.6 Å². The van der Waals surface area contributed by atoms with E-state index in [1.807, 2.05) is 18.8 Å². The van der Waals surface area contributed by atoms with Crippen LogP contribution in [0.25, 0.3) is 0 Å². The van der Waals surface area contributed by atoms with E-state index in [0.29, 0.717) is 0 Å². The van der Waals surface area contributed by atoms with Crippen molar-refractivity contribution in [3.63, 3.8) is 0 Å². The topological polar surface area (TPSA) is 36.4 Å². The monoisotopic (exact) mass is 345 g/mol. The molecule has 0 aliphatic heterocycles. The zero-order chi connectivity index (χ0) is 10.6. The first-order valence-electron chi connectivity index (χ1n) is 5.22. The molecule has 0 spiro atoms. The Morgan fingerprint density at radius 1 is 1.20 bits per heavy atom. The first-order chi connectivity index (χ1) is 6.85. The molecular formula is C10H24IN3S. The number of rotatable bonds is 7. The van der Waals surface area contributed by atoms with E-state index in [4.69, 9.17) is 0 Å². The molecule has 0 aromatic carbocycles. The highest BCUT2D eigenvalue weighted by Crippen LogP contribution is 2.03. The average molecular weight is 345 g/mol. The Bertz CT molecular complexity index is 154. The van der Waals surface area contributed by atoms with Crippen molar-refractivity contribution in [2.75, 3.05) is 32.6 Å². The number of halogens is 1. The summed E-state index contributed by atoms with van der Waals surface area (Å²) in [5, 5.41) is 6.24. The van der Waals surface area contributed by atoms with E-state index in [2.05, 4.69) is 21.9 Å². The van der Waals surface area contributed by atoms with Crippen molar-refractivity contribution in [3.8, 4) is 0 Å². The lowest BCUT2D eigenvalue weighted by Gasteiger charge is -2.07. The molecule has 0 fully saturated rings. The Morgan fingerprint density at radius 2 is 1.87 bits per heavy atom. The number of thioether (sulfide) groups is 1. The molecule has 2 N–H and O–H groups in total. The smallest absolute Gasteiger partial charge is 0.190 e. The third kappa shape index (κ3) is 12.3. The quantitative estimate of drug-likeness (QED) is 0.322. The highest BCUT2D eigenvalue weighted by Gasteiger charge is 1.92. The molecule has 0 saturated carbocycles. The largest absolute Gasteiger partial charge is 0.359 e. The number of unbranched alkanes of at least 4 members (excludes halogenated alkanes) is 3. The van der Waals surface area contributed by atoms with Gasteiger partial charge in [0.25, 0.3) is 0 Å². The standard InChI is InChI=1S/C10H23N3S.HI/c1-11-10(12-2)13-8-6-4-5-7-9-14-3;/h4-9H2,1-3H3,(H2,11,12,13);1H. The molecule has 3 nitrogen and oxygen atoms in total. The fraction of sp³-hybridized carbons (Fsp3) is 0.900. The third-order valence-electron chi connectivity index (χ3n) is 2.03. The minimum absolute atomic E-state index is 0. The Morgan fingerprint density at radius 3 is 2.40 bits per heavy atom. The van der Waals surface area contributed by atoms with E-state index < -0.39 is 0 Å². The van der Waals surface area contributed by atoms with Crippen LogP contribution in [0.5, 0.6) is 0 Å². The van der Waals surface area contributed by atoms with Gasteiger partial charge in [0.2, 0.25) is 0 Å². The Kier molecular flexibility index (Phi) is 17.0. The molecule has 0 saturated heterocycles. The summed E-state index contributed by atoms with van der Waals surface area (Å²) in [4.78, 5) is 4.04. The fourth-order valence-electron chi connectivity index (χ4n) is 1.21. The Hall–Kier alpha value is 0.350. The molecule has 15 heavy (non-hydrogen) atoms. The van der Waals surface area contributed by atoms with Gasteiger partial charge in [-0.05, 0) is 24.9 Å². The molecule has 0 atom stereocenters. The van der Waals surface area contributed by atoms with Crippen LogP contribution < -0.4 is 10.6 Å². The third-order valence-corrected chi connectivity index (χ3v) is 2.73. The molecule has 5 heteroatoms. The van der Waals surface area contributed by atoms with Crippen molar-refractivity contribution >= 4 is 41.7 Å². The van der Waals surface area contributed by atoms with Gasteiger partial charge in [0.15, 0.2) is 5.96 Å². The van der Waals surface area contributed by atoms with Crippen LogP contribution in [0.4, 0.5) is 0 Å². The van der Waals surface area contributed by atoms with Gasteiger partial charge in [0.1, 0.15) is 0 Å². The molecule has 92 valence electrons. The van der Waals surface area contributed by atoms with Crippen LogP contribution >= 0.6 is 35.7 Å². The zero-order valence-corrected chi connectivity index (χ0v) is 13.2. The summed E-state index contributed by atoms with van der Waals surface area (Å²) >= 11 is 1.93. The Labute approximate surface area is 115 Å². The second-order valence-corrected chi connectivity index (χ2v) is 4.14. The first-order valence-corrected chi connectivity index (χ1v) is 6.62. The van der Waals surface area contributed by atoms with Crippen molar-refractivity contribution in [1.82, 2.24) is 10.6 Å². The molecule has 0 aliphatic carbocycles. The number of hydrogen-bond donors (Lipinski definition) is 2. The van der Waals surface area contributed by atoms with Gasteiger partial charge in [-0.15, -0.1) is 24.0 Å². The molecule has 0 bridgehead atoms. The summed E-state index contributed by atoms with van der Waals surface area (Å²) in [6.45, 7) is 1.02. The van der Waals surface area contributed by atoms with Crippen LogP contribution in [0.15, 0.2) is 4.99 Å². The summed E-state index contributed by atoms with van der Waals surface area (Å²) < 4.78 is 0. The maximum atomic E-state index is 4.04. The van der Waals surface area contributed by atoms with Crippen LogP contribution in [-0.4, -0.2) is 38.6 Å². The van der Waals surface area contributed by atoms with Gasteiger partial charge in [-0.3, -0.25) is 4.99 Å². The highest BCUT2D eigenvalue weighted by atomic mass is 127. The molecule has 0 amide bonds. The normalized spacial score (nSPS) is 10.7. The van der Waals surface area contributed by atoms with Crippen LogP contribution in [0.3, 0.4) is 0 Å². The fourth-order valence-corrected chi connectivity index (χ4v) is 1.70. The van der Waals surface area contributed by atoms with E-state index in [0.717, 1.165) is 12.5 Å². The van der Waals surface area contributed by atoms with E-state index in [9.17, 15) is 0 Å². The first kappa shape index (κ1) is 17.7. The van der Waals surface area contributed by atoms with Gasteiger partial charge in [0.05, 0.1) is 0 Å². The zero-order valence-electron chi connectivity index (χ0n) is 10.0. The van der Waals surface area contributed by atoms with Crippen LogP contribution in [0.2, 0.25) is 0 Å². The predicted molar refractivity (Wildman–Crippen MR) is 82.7 cm³/mol. The average Bonchev–Trinajstić information content (AvgIpc) is 2.22. The second kappa shape index (κ2) is 14.3. The minimum Gasteiger partial charge on any atom is -0.359 e. The molecular weight excluding hydrogens is 321 g/mol. The van der Waals surface area contributed by atoms with E-state index in [1.54, 1.807) is 7.05 Å². The van der Waals surface area contributed by atoms with Crippen LogP contribution in [0.1, 0.15) is 25.7 Å². The molecule has 0 radical (unpaired) electrons. The van der Waals surface area contributed by atoms with E-state index >= 15 is 0 Å². The lowest BCUT2D eigenvalue weighted by Crippen LogP contribution is -2.35. The van der Waals surface area contributed by atoms with Gasteiger partial charge >= 0.3 is 0 Å². The molecule has 0 rings (SSSR count). The maximum absolute atomic E-state index is 4.04. The van der Waals surface area contributed by atoms with Crippen molar-refractivity contribution in [2.45, 2.75) is 25.7 Å². The predicted octanol–water partition coefficient (Wildman–Crippen LogP) is 2.32. The number of aliphatic imine (C=N–C) groups is 1. The Balaban J connectivity index is 0. The van der Waals surface area contributed by atoms with Crippen LogP contribution in [0, 0.1) is 0 Å². The summed E-state index contributed by atoms with van der Waals surface area (Å²) in [6.07, 6.45) is 7.41. The van der Waals surface area contributed by atoms with Crippen LogP contribution in [-0.2, 0) is 0 Å². The summed E-state index contributed by atoms with van der Waals surface area (Å²) in [5.74, 6) is 2.18. The van der Waals surface area contributed by atoms with Gasteiger partial charge in [-0.1, -0.05) is 12.8 Å². The van der Waals surface area contributed by atoms with E-state index in [-0.39, 0.29) is 24.0 Å². The molecule has 0 aliphatic rings. The van der Waals surface area contributed by atoms with Crippen molar-refractivity contribution in [3.05, 3.63) is 0 Å². The van der Waals surface area contributed by atoms with Gasteiger partial charge in [0, 0.05) is 20.6 Å². The molecule has 0 unspecified atom stereocenters. The second-order valence-electron chi connectivity index (χ2n) is 3.16. The molecule has 0 aromatic heterocycles. The van der Waals surface area contributed by atoms with Gasteiger partial charge in [-0.2, -0.15) is 11.8 Å². The number of nitrogens with zero attached hydrogens (tertiary/aromatic N) is 1. The highest BCUT2D eigenvalue weighted by molar-refractivity contribution is 14.0. The number of guanidine groups is 1. The number of nitrogens with one attached hydrogen (secondary N) is 2. The summed E-state index contributed by atoms with van der Waals surface area (Å²) in [7, 11) is 3.67. The van der Waals surface area contributed by atoms with E-state index in [1.165, 1.54) is 31.4 Å². The SMILES string of the molecule is CN=C(NC)NCCCCCCSC.I. The minimum atomic E-state index is 0. The van der Waals surface area contributed by atoms with Gasteiger partial charge in [-0.25, -0.2) is 0 Å². The summed E-state index contributed by atoms with van der Waals surface area (Å²) in [6, 6.07) is 0. The lowest BCUT2D eigenvalue weighted by molar-refractivity contribution is 0.653. The van der Waals surface area contributed by atoms with Crippen molar-refractivity contribution < 1.29 is 0 Å². The lowest BCUT2D eigenvalue weighted by atomic mass is 10.2.